The molecule has 0 unspecified atom stereocenters. The van der Waals surface area contributed by atoms with Gasteiger partial charge in [0, 0.05) is 26.6 Å². The molecule has 1 atom stereocenters. The highest BCUT2D eigenvalue weighted by molar-refractivity contribution is 7.07. The Morgan fingerprint density at radius 3 is 2.67 bits per heavy atom. The van der Waals surface area contributed by atoms with Crippen molar-refractivity contribution >= 4 is 23.2 Å². The van der Waals surface area contributed by atoms with Gasteiger partial charge in [-0.1, -0.05) is 29.8 Å². The van der Waals surface area contributed by atoms with Gasteiger partial charge in [-0.3, -0.25) is 9.59 Å². The van der Waals surface area contributed by atoms with Crippen LogP contribution in [0.15, 0.2) is 41.1 Å². The molecule has 24 heavy (non-hydrogen) atoms. The van der Waals surface area contributed by atoms with E-state index in [2.05, 4.69) is 0 Å². The molecule has 2 aromatic rings. The summed E-state index contributed by atoms with van der Waals surface area (Å²) >= 11 is 1.63. The minimum atomic E-state index is -0.345. The lowest BCUT2D eigenvalue weighted by molar-refractivity contribution is -0.141. The predicted octanol–water partition coefficient (Wildman–Crippen LogP) is 3.21. The van der Waals surface area contributed by atoms with E-state index in [1.165, 1.54) is 5.56 Å². The number of rotatable bonds is 5. The second-order valence-corrected chi connectivity index (χ2v) is 7.17. The summed E-state index contributed by atoms with van der Waals surface area (Å²) in [4.78, 5) is 28.5. The lowest BCUT2D eigenvalue weighted by atomic mass is 10.1. The van der Waals surface area contributed by atoms with Crippen molar-refractivity contribution in [2.75, 3.05) is 7.05 Å². The monoisotopic (exact) mass is 342 g/mol. The number of carbonyl (C=O) groups excluding carboxylic acids is 2. The molecule has 1 saturated heterocycles. The van der Waals surface area contributed by atoms with Crippen LogP contribution < -0.4 is 0 Å². The van der Waals surface area contributed by atoms with E-state index in [9.17, 15) is 9.59 Å². The first kappa shape index (κ1) is 16.7. The van der Waals surface area contributed by atoms with Crippen molar-refractivity contribution < 1.29 is 9.59 Å². The van der Waals surface area contributed by atoms with E-state index in [4.69, 9.17) is 0 Å². The Morgan fingerprint density at radius 1 is 1.25 bits per heavy atom. The third-order valence-corrected chi connectivity index (χ3v) is 5.19. The lowest BCUT2D eigenvalue weighted by Crippen LogP contribution is -2.44. The molecule has 3 rings (SSSR count). The minimum Gasteiger partial charge on any atom is -0.340 e. The molecule has 1 aliphatic rings. The summed E-state index contributed by atoms with van der Waals surface area (Å²) in [7, 11) is 1.81. The quantitative estimate of drug-likeness (QED) is 0.837. The molecule has 0 aliphatic carbocycles. The molecule has 0 saturated carbocycles. The molecule has 0 bridgehead atoms. The summed E-state index contributed by atoms with van der Waals surface area (Å²) < 4.78 is 0. The van der Waals surface area contributed by atoms with Crippen LogP contribution in [0.2, 0.25) is 0 Å². The van der Waals surface area contributed by atoms with E-state index in [1.54, 1.807) is 21.1 Å². The van der Waals surface area contributed by atoms with Crippen molar-refractivity contribution in [3.05, 3.63) is 57.8 Å². The van der Waals surface area contributed by atoms with Crippen LogP contribution in [-0.4, -0.2) is 34.7 Å². The fourth-order valence-electron chi connectivity index (χ4n) is 3.07. The van der Waals surface area contributed by atoms with Crippen LogP contribution in [0.5, 0.6) is 0 Å². The highest BCUT2D eigenvalue weighted by Gasteiger charge is 2.37. The molecule has 5 heteroatoms. The molecule has 126 valence electrons. The maximum absolute atomic E-state index is 12.8. The van der Waals surface area contributed by atoms with Gasteiger partial charge >= 0.3 is 0 Å². The maximum Gasteiger partial charge on any atom is 0.245 e. The topological polar surface area (TPSA) is 40.6 Å². The van der Waals surface area contributed by atoms with Crippen molar-refractivity contribution in [1.82, 2.24) is 9.80 Å². The van der Waals surface area contributed by atoms with Gasteiger partial charge in [0.2, 0.25) is 11.8 Å². The molecule has 1 aliphatic heterocycles. The summed E-state index contributed by atoms with van der Waals surface area (Å²) in [6.07, 6.45) is 1.06. The predicted molar refractivity (Wildman–Crippen MR) is 95.5 cm³/mol. The van der Waals surface area contributed by atoms with Crippen LogP contribution in [0.1, 0.15) is 29.5 Å². The standard InChI is InChI=1S/C19H22N2O2S/c1-14-3-5-15(6-4-14)12-21-17(7-8-18(21)22)19(23)20(2)11-16-9-10-24-13-16/h3-6,9-10,13,17H,7-8,11-12H2,1-2H3/t17-/m1/s1. The molecule has 1 aromatic heterocycles. The van der Waals surface area contributed by atoms with Crippen molar-refractivity contribution in [3.63, 3.8) is 0 Å². The molecule has 0 spiro atoms. The fourth-order valence-corrected chi connectivity index (χ4v) is 3.73. The van der Waals surface area contributed by atoms with E-state index in [0.29, 0.717) is 25.9 Å². The van der Waals surface area contributed by atoms with Crippen LogP contribution >= 0.6 is 11.3 Å². The zero-order chi connectivity index (χ0) is 17.1. The van der Waals surface area contributed by atoms with Gasteiger partial charge in [-0.05, 0) is 41.3 Å². The van der Waals surface area contributed by atoms with E-state index < -0.39 is 0 Å². The van der Waals surface area contributed by atoms with Crippen molar-refractivity contribution in [2.45, 2.75) is 38.9 Å². The molecule has 2 amide bonds. The first-order chi connectivity index (χ1) is 11.5. The summed E-state index contributed by atoms with van der Waals surface area (Å²) in [5, 5.41) is 4.06. The Balaban J connectivity index is 1.69. The average molecular weight is 342 g/mol. The number of amides is 2. The van der Waals surface area contributed by atoms with Crippen molar-refractivity contribution in [2.24, 2.45) is 0 Å². The van der Waals surface area contributed by atoms with Gasteiger partial charge in [-0.2, -0.15) is 11.3 Å². The Labute approximate surface area is 146 Å². The largest absolute Gasteiger partial charge is 0.340 e. The number of hydrogen-bond donors (Lipinski definition) is 0. The first-order valence-corrected chi connectivity index (χ1v) is 9.10. The van der Waals surface area contributed by atoms with Gasteiger partial charge in [-0.25, -0.2) is 0 Å². The van der Waals surface area contributed by atoms with Crippen LogP contribution in [0.25, 0.3) is 0 Å². The van der Waals surface area contributed by atoms with Crippen molar-refractivity contribution in [1.29, 1.82) is 0 Å². The second-order valence-electron chi connectivity index (χ2n) is 6.39. The summed E-state index contributed by atoms with van der Waals surface area (Å²) in [5.74, 6) is 0.0945. The Hall–Kier alpha value is -2.14. The van der Waals surface area contributed by atoms with Gasteiger partial charge in [0.25, 0.3) is 0 Å². The average Bonchev–Trinajstić information content (AvgIpc) is 3.20. The van der Waals surface area contributed by atoms with Crippen LogP contribution in [0.4, 0.5) is 0 Å². The summed E-state index contributed by atoms with van der Waals surface area (Å²) in [6.45, 7) is 3.13. The zero-order valence-electron chi connectivity index (χ0n) is 14.1. The minimum absolute atomic E-state index is 0.0270. The lowest BCUT2D eigenvalue weighted by Gasteiger charge is -2.28. The number of aryl methyl sites for hydroxylation is 1. The summed E-state index contributed by atoms with van der Waals surface area (Å²) in [6, 6.07) is 9.81. The van der Waals surface area contributed by atoms with Gasteiger partial charge < -0.3 is 9.80 Å². The van der Waals surface area contributed by atoms with E-state index in [0.717, 1.165) is 11.1 Å². The van der Waals surface area contributed by atoms with Crippen LogP contribution in [0, 0.1) is 6.92 Å². The highest BCUT2D eigenvalue weighted by atomic mass is 32.1. The van der Waals surface area contributed by atoms with Crippen LogP contribution in [-0.2, 0) is 22.7 Å². The Morgan fingerprint density at radius 2 is 2.00 bits per heavy atom. The van der Waals surface area contributed by atoms with E-state index in [1.807, 2.05) is 55.1 Å². The molecule has 0 radical (unpaired) electrons. The maximum atomic E-state index is 12.8. The molecule has 1 fully saturated rings. The number of thiophene rings is 1. The number of likely N-dealkylation sites (tertiary alicyclic amines) is 1. The van der Waals surface area contributed by atoms with Crippen molar-refractivity contribution in [3.8, 4) is 0 Å². The third-order valence-electron chi connectivity index (χ3n) is 4.46. The number of carbonyl (C=O) groups is 2. The highest BCUT2D eigenvalue weighted by Crippen LogP contribution is 2.24. The van der Waals surface area contributed by atoms with Gasteiger partial charge in [0.1, 0.15) is 6.04 Å². The Bertz CT molecular complexity index is 709. The number of likely N-dealkylation sites (N-methyl/N-ethyl adjacent to an activating group) is 1. The Kier molecular flexibility index (Phi) is 5.00. The molecule has 0 N–H and O–H groups in total. The molecular weight excluding hydrogens is 320 g/mol. The SMILES string of the molecule is Cc1ccc(CN2C(=O)CC[C@@H]2C(=O)N(C)Cc2ccsc2)cc1. The van der Waals surface area contributed by atoms with E-state index in [-0.39, 0.29) is 17.9 Å². The van der Waals surface area contributed by atoms with Gasteiger partial charge in [-0.15, -0.1) is 0 Å². The number of nitrogens with zero attached hydrogens (tertiary/aromatic N) is 2. The van der Waals surface area contributed by atoms with Gasteiger partial charge in [0.05, 0.1) is 0 Å². The zero-order valence-corrected chi connectivity index (χ0v) is 14.9. The normalized spacial score (nSPS) is 17.3. The second kappa shape index (κ2) is 7.18. The molecule has 4 nitrogen and oxygen atoms in total. The third kappa shape index (κ3) is 3.67. The number of benzene rings is 1. The van der Waals surface area contributed by atoms with Gasteiger partial charge in [0.15, 0.2) is 0 Å². The fraction of sp³-hybridized carbons (Fsp3) is 0.368. The molecule has 2 heterocycles. The molecule has 1 aromatic carbocycles. The van der Waals surface area contributed by atoms with Crippen LogP contribution in [0.3, 0.4) is 0 Å². The first-order valence-electron chi connectivity index (χ1n) is 8.15. The van der Waals surface area contributed by atoms with E-state index >= 15 is 0 Å². The summed E-state index contributed by atoms with van der Waals surface area (Å²) in [5.41, 5.74) is 3.38. The molecular formula is C19H22N2O2S. The number of hydrogen-bond acceptors (Lipinski definition) is 3. The smallest absolute Gasteiger partial charge is 0.245 e.